The lowest BCUT2D eigenvalue weighted by Crippen LogP contribution is -2.47. The number of rotatable bonds is 4. The fourth-order valence-electron chi connectivity index (χ4n) is 1.34. The lowest BCUT2D eigenvalue weighted by atomic mass is 10.1. The molecular weight excluding hydrogens is 270 g/mol. The van der Waals surface area contributed by atoms with E-state index < -0.39 is 36.3 Å². The molecule has 0 bridgehead atoms. The number of carboxylic acids is 1. The first-order valence-electron chi connectivity index (χ1n) is 5.05. The van der Waals surface area contributed by atoms with Gasteiger partial charge in [-0.3, -0.25) is 4.79 Å². The fourth-order valence-corrected chi connectivity index (χ4v) is 1.34. The Morgan fingerprint density at radius 2 is 1.95 bits per heavy atom. The molecule has 0 fully saturated rings. The number of halogens is 4. The number of benzene rings is 1. The summed E-state index contributed by atoms with van der Waals surface area (Å²) in [6.45, 7) is 0. The summed E-state index contributed by atoms with van der Waals surface area (Å²) < 4.78 is 48.9. The van der Waals surface area contributed by atoms with Crippen LogP contribution in [0, 0.1) is 5.82 Å². The Morgan fingerprint density at radius 3 is 2.42 bits per heavy atom. The average molecular weight is 279 g/mol. The highest BCUT2D eigenvalue weighted by Gasteiger charge is 2.40. The quantitative estimate of drug-likeness (QED) is 0.821. The minimum Gasteiger partial charge on any atom is -0.480 e. The van der Waals surface area contributed by atoms with Crippen LogP contribution in [0.5, 0.6) is 0 Å². The van der Waals surface area contributed by atoms with E-state index in [0.717, 1.165) is 12.1 Å². The molecule has 1 aromatic carbocycles. The molecule has 0 aliphatic carbocycles. The van der Waals surface area contributed by atoms with Gasteiger partial charge >= 0.3 is 18.1 Å². The molecule has 1 aromatic rings. The maximum atomic E-state index is 12.9. The monoisotopic (exact) mass is 279 g/mol. The highest BCUT2D eigenvalue weighted by molar-refractivity contribution is 5.87. The first-order chi connectivity index (χ1) is 8.70. The van der Waals surface area contributed by atoms with E-state index in [-0.39, 0.29) is 5.56 Å². The van der Waals surface area contributed by atoms with Crippen molar-refractivity contribution in [1.82, 2.24) is 5.32 Å². The topological polar surface area (TPSA) is 66.4 Å². The number of nitrogens with one attached hydrogen (secondary N) is 1. The molecule has 0 aromatic heterocycles. The number of amides is 1. The van der Waals surface area contributed by atoms with Crippen molar-refractivity contribution in [3.05, 3.63) is 35.6 Å². The molecule has 0 saturated heterocycles. The van der Waals surface area contributed by atoms with Gasteiger partial charge in [0.15, 0.2) is 0 Å². The van der Waals surface area contributed by atoms with Gasteiger partial charge in [-0.15, -0.1) is 0 Å². The molecule has 0 radical (unpaired) electrons. The van der Waals surface area contributed by atoms with E-state index in [1.54, 1.807) is 0 Å². The summed E-state index contributed by atoms with van der Waals surface area (Å²) in [5.41, 5.74) is 0.162. The SMILES string of the molecule is O=C(O)[C@H](Cc1cccc(F)c1)NC(=O)C(F)(F)F. The normalized spacial score (nSPS) is 12.8. The number of hydrogen-bond donors (Lipinski definition) is 2. The molecule has 0 saturated carbocycles. The standard InChI is InChI=1S/C11H9F4NO3/c12-7-3-1-2-6(4-7)5-8(9(17)18)16-10(19)11(13,14)15/h1-4,8H,5H2,(H,16,19)(H,17,18)/t8-/m0/s1. The molecule has 0 aliphatic rings. The van der Waals surface area contributed by atoms with E-state index in [0.29, 0.717) is 0 Å². The second-order valence-corrected chi connectivity index (χ2v) is 3.70. The van der Waals surface area contributed by atoms with Gasteiger partial charge in [0.1, 0.15) is 11.9 Å². The highest BCUT2D eigenvalue weighted by atomic mass is 19.4. The van der Waals surface area contributed by atoms with Crippen molar-refractivity contribution in [2.24, 2.45) is 0 Å². The van der Waals surface area contributed by atoms with Gasteiger partial charge in [-0.25, -0.2) is 9.18 Å². The summed E-state index contributed by atoms with van der Waals surface area (Å²) in [5.74, 6) is -4.64. The van der Waals surface area contributed by atoms with E-state index in [4.69, 9.17) is 5.11 Å². The van der Waals surface area contributed by atoms with Gasteiger partial charge < -0.3 is 10.4 Å². The van der Waals surface area contributed by atoms with Gasteiger partial charge in [0.2, 0.25) is 0 Å². The first-order valence-corrected chi connectivity index (χ1v) is 5.05. The number of alkyl halides is 3. The third-order valence-corrected chi connectivity index (χ3v) is 2.19. The number of carbonyl (C=O) groups excluding carboxylic acids is 1. The summed E-state index contributed by atoms with van der Waals surface area (Å²) in [6.07, 6.45) is -5.62. The second kappa shape index (κ2) is 5.68. The van der Waals surface area contributed by atoms with Crippen molar-refractivity contribution in [2.75, 3.05) is 0 Å². The zero-order valence-electron chi connectivity index (χ0n) is 9.37. The van der Waals surface area contributed by atoms with Gasteiger partial charge in [-0.1, -0.05) is 12.1 Å². The lowest BCUT2D eigenvalue weighted by molar-refractivity contribution is -0.175. The molecule has 0 unspecified atom stereocenters. The maximum Gasteiger partial charge on any atom is 0.471 e. The Morgan fingerprint density at radius 1 is 1.32 bits per heavy atom. The summed E-state index contributed by atoms with van der Waals surface area (Å²) in [4.78, 5) is 21.4. The molecule has 0 heterocycles. The average Bonchev–Trinajstić information content (AvgIpc) is 2.26. The summed E-state index contributed by atoms with van der Waals surface area (Å²) in [5, 5.41) is 10.1. The summed E-state index contributed by atoms with van der Waals surface area (Å²) in [6, 6.07) is 2.94. The van der Waals surface area contributed by atoms with Crippen LogP contribution in [0.4, 0.5) is 17.6 Å². The van der Waals surface area contributed by atoms with Crippen molar-refractivity contribution < 1.29 is 32.3 Å². The van der Waals surface area contributed by atoms with Crippen molar-refractivity contribution in [3.8, 4) is 0 Å². The minimum absolute atomic E-state index is 0.162. The predicted octanol–water partition coefficient (Wildman–Crippen LogP) is 1.50. The number of aliphatic carboxylic acids is 1. The smallest absolute Gasteiger partial charge is 0.471 e. The Hall–Kier alpha value is -2.12. The number of hydrogen-bond acceptors (Lipinski definition) is 2. The largest absolute Gasteiger partial charge is 0.480 e. The molecule has 0 aliphatic heterocycles. The molecule has 8 heteroatoms. The Balaban J connectivity index is 2.80. The van der Waals surface area contributed by atoms with Crippen molar-refractivity contribution >= 4 is 11.9 Å². The first kappa shape index (κ1) is 14.9. The van der Waals surface area contributed by atoms with Gasteiger partial charge in [0.25, 0.3) is 0 Å². The van der Waals surface area contributed by atoms with E-state index in [2.05, 4.69) is 0 Å². The van der Waals surface area contributed by atoms with E-state index in [1.807, 2.05) is 0 Å². The van der Waals surface area contributed by atoms with E-state index >= 15 is 0 Å². The number of carboxylic acid groups (broad SMARTS) is 1. The highest BCUT2D eigenvalue weighted by Crippen LogP contribution is 2.15. The molecular formula is C11H9F4NO3. The Bertz CT molecular complexity index is 487. The fraction of sp³-hybridized carbons (Fsp3) is 0.273. The van der Waals surface area contributed by atoms with Crippen molar-refractivity contribution in [2.45, 2.75) is 18.6 Å². The van der Waals surface area contributed by atoms with Crippen LogP contribution in [0.3, 0.4) is 0 Å². The van der Waals surface area contributed by atoms with Gasteiger partial charge in [-0.2, -0.15) is 13.2 Å². The molecule has 2 N–H and O–H groups in total. The zero-order chi connectivity index (χ0) is 14.6. The molecule has 1 rings (SSSR count). The van der Waals surface area contributed by atoms with Crippen LogP contribution in [0.2, 0.25) is 0 Å². The molecule has 0 spiro atoms. The molecule has 104 valence electrons. The van der Waals surface area contributed by atoms with E-state index in [9.17, 15) is 27.2 Å². The van der Waals surface area contributed by atoms with Crippen LogP contribution in [0.1, 0.15) is 5.56 Å². The summed E-state index contributed by atoms with van der Waals surface area (Å²) in [7, 11) is 0. The minimum atomic E-state index is -5.17. The van der Waals surface area contributed by atoms with Gasteiger partial charge in [0, 0.05) is 6.42 Å². The van der Waals surface area contributed by atoms with Crippen molar-refractivity contribution in [1.29, 1.82) is 0 Å². The Labute approximate surface area is 105 Å². The van der Waals surface area contributed by atoms with Crippen LogP contribution in [0.25, 0.3) is 0 Å². The second-order valence-electron chi connectivity index (χ2n) is 3.70. The Kier molecular flexibility index (Phi) is 4.47. The van der Waals surface area contributed by atoms with Crippen molar-refractivity contribution in [3.63, 3.8) is 0 Å². The van der Waals surface area contributed by atoms with Crippen LogP contribution >= 0.6 is 0 Å². The molecule has 19 heavy (non-hydrogen) atoms. The van der Waals surface area contributed by atoms with Crippen LogP contribution in [-0.4, -0.2) is 29.2 Å². The van der Waals surface area contributed by atoms with E-state index in [1.165, 1.54) is 17.4 Å². The third-order valence-electron chi connectivity index (χ3n) is 2.19. The molecule has 1 amide bonds. The third kappa shape index (κ3) is 4.57. The predicted molar refractivity (Wildman–Crippen MR) is 55.7 cm³/mol. The molecule has 4 nitrogen and oxygen atoms in total. The van der Waals surface area contributed by atoms with Gasteiger partial charge in [-0.05, 0) is 17.7 Å². The maximum absolute atomic E-state index is 12.9. The molecule has 1 atom stereocenters. The van der Waals surface area contributed by atoms with Crippen LogP contribution in [0.15, 0.2) is 24.3 Å². The van der Waals surface area contributed by atoms with Crippen LogP contribution in [-0.2, 0) is 16.0 Å². The van der Waals surface area contributed by atoms with Gasteiger partial charge in [0.05, 0.1) is 0 Å². The van der Waals surface area contributed by atoms with Crippen LogP contribution < -0.4 is 5.32 Å². The zero-order valence-corrected chi connectivity index (χ0v) is 9.37. The number of carbonyl (C=O) groups is 2. The summed E-state index contributed by atoms with van der Waals surface area (Å²) >= 11 is 0. The lowest BCUT2D eigenvalue weighted by Gasteiger charge is -2.15.